The number of amides is 1. The van der Waals surface area contributed by atoms with Gasteiger partial charge < -0.3 is 4.90 Å². The first kappa shape index (κ1) is 21.4. The largest absolute Gasteiger partial charge is 0.338 e. The highest BCUT2D eigenvalue weighted by atomic mass is 32.2. The third-order valence-electron chi connectivity index (χ3n) is 9.28. The molecule has 5 rings (SSSR count). The lowest BCUT2D eigenvalue weighted by atomic mass is 9.47. The molecule has 3 aliphatic carbocycles. The second-order valence-corrected chi connectivity index (χ2v) is 13.4. The van der Waals surface area contributed by atoms with Crippen LogP contribution in [-0.2, 0) is 14.8 Å². The van der Waals surface area contributed by atoms with E-state index in [0.717, 1.165) is 18.5 Å². The molecule has 0 bridgehead atoms. The van der Waals surface area contributed by atoms with Crippen LogP contribution in [0.15, 0.2) is 17.5 Å². The molecule has 3 fully saturated rings. The summed E-state index contributed by atoms with van der Waals surface area (Å²) in [5.74, 6) is 2.50. The smallest absolute Gasteiger partial charge is 0.246 e. The minimum absolute atomic E-state index is 0.0677. The van der Waals surface area contributed by atoms with Crippen LogP contribution in [0.1, 0.15) is 64.0 Å². The van der Waals surface area contributed by atoms with Gasteiger partial charge >= 0.3 is 0 Å². The molecule has 1 amide bonds. The Bertz CT molecular complexity index is 1030. The molecule has 6 nitrogen and oxygen atoms in total. The Labute approximate surface area is 189 Å². The van der Waals surface area contributed by atoms with Gasteiger partial charge in [-0.3, -0.25) is 9.52 Å². The Morgan fingerprint density at radius 3 is 2.68 bits per heavy atom. The summed E-state index contributed by atoms with van der Waals surface area (Å²) in [7, 11) is -1.33. The van der Waals surface area contributed by atoms with E-state index in [1.54, 1.807) is 6.08 Å². The van der Waals surface area contributed by atoms with E-state index in [2.05, 4.69) is 35.0 Å². The standard InChI is InChI=1S/C23H33N3O3S2/c1-22-11-9-16-14(5-8-19-23(16,2)12-10-20(27)26(19)3)15(22)6-7-17(22)18-13-30-21(24-18)25-31(4,28)29/h10,12-17,19H,5-9,11H2,1-4H3,(H,24,25)/t14-,15-,16+,17?,19?,22-,23+/m0/s1. The maximum atomic E-state index is 12.3. The van der Waals surface area contributed by atoms with E-state index in [4.69, 9.17) is 0 Å². The highest BCUT2D eigenvalue weighted by Crippen LogP contribution is 2.67. The second kappa shape index (κ2) is 7.04. The number of likely N-dealkylation sites (N-methyl/N-ethyl adjacent to an activating group) is 1. The molecule has 0 aromatic carbocycles. The fraction of sp³-hybridized carbons (Fsp3) is 0.739. The van der Waals surface area contributed by atoms with Crippen LogP contribution in [0.5, 0.6) is 0 Å². The van der Waals surface area contributed by atoms with Crippen molar-refractivity contribution >= 4 is 32.4 Å². The zero-order valence-electron chi connectivity index (χ0n) is 18.8. The minimum atomic E-state index is -3.30. The molecular weight excluding hydrogens is 430 g/mol. The third kappa shape index (κ3) is 3.27. The van der Waals surface area contributed by atoms with E-state index in [-0.39, 0.29) is 16.7 Å². The Morgan fingerprint density at radius 1 is 1.16 bits per heavy atom. The van der Waals surface area contributed by atoms with Gasteiger partial charge in [0.2, 0.25) is 15.9 Å². The molecule has 7 atom stereocenters. The first-order valence-electron chi connectivity index (χ1n) is 11.4. The maximum absolute atomic E-state index is 12.3. The number of nitrogens with one attached hydrogen (secondary N) is 1. The van der Waals surface area contributed by atoms with Crippen LogP contribution in [0.2, 0.25) is 0 Å². The molecule has 4 aliphatic rings. The van der Waals surface area contributed by atoms with Crippen LogP contribution >= 0.6 is 11.3 Å². The van der Waals surface area contributed by atoms with Crippen LogP contribution in [-0.4, -0.2) is 43.6 Å². The highest BCUT2D eigenvalue weighted by molar-refractivity contribution is 7.92. The van der Waals surface area contributed by atoms with E-state index in [1.807, 2.05) is 11.9 Å². The minimum Gasteiger partial charge on any atom is -0.338 e. The van der Waals surface area contributed by atoms with E-state index < -0.39 is 10.0 Å². The average molecular weight is 464 g/mol. The summed E-state index contributed by atoms with van der Waals surface area (Å²) in [5.41, 5.74) is 1.33. The number of hydrogen-bond acceptors (Lipinski definition) is 5. The molecule has 8 heteroatoms. The molecule has 1 aromatic heterocycles. The lowest BCUT2D eigenvalue weighted by Crippen LogP contribution is -2.59. The number of hydrogen-bond donors (Lipinski definition) is 1. The number of thiazole rings is 1. The maximum Gasteiger partial charge on any atom is 0.246 e. The van der Waals surface area contributed by atoms with E-state index in [1.165, 1.54) is 43.3 Å². The Kier molecular flexibility index (Phi) is 4.87. The third-order valence-corrected chi connectivity index (χ3v) is 10.7. The number of carbonyl (C=O) groups is 1. The summed E-state index contributed by atoms with van der Waals surface area (Å²) < 4.78 is 25.7. The molecule has 1 aromatic rings. The van der Waals surface area contributed by atoms with Gasteiger partial charge in [0.25, 0.3) is 0 Å². The van der Waals surface area contributed by atoms with Crippen LogP contribution in [0.3, 0.4) is 0 Å². The Balaban J connectivity index is 1.41. The fourth-order valence-corrected chi connectivity index (χ4v) is 9.49. The van der Waals surface area contributed by atoms with Crippen molar-refractivity contribution in [2.75, 3.05) is 18.0 Å². The molecule has 0 saturated heterocycles. The number of nitrogens with zero attached hydrogens (tertiary/aromatic N) is 2. The molecule has 170 valence electrons. The first-order chi connectivity index (χ1) is 14.5. The SMILES string of the molecule is CN1C(=O)C=C[C@@]2(C)C1CC[C@@H]1[C@H]2CC[C@]2(C)C(c3csc(NS(C)(=O)=O)n3)CC[C@@H]12. The lowest BCUT2D eigenvalue weighted by molar-refractivity contribution is -0.138. The Morgan fingerprint density at radius 2 is 1.94 bits per heavy atom. The van der Waals surface area contributed by atoms with Crippen molar-refractivity contribution in [1.29, 1.82) is 0 Å². The topological polar surface area (TPSA) is 79.4 Å². The summed E-state index contributed by atoms with van der Waals surface area (Å²) in [6.07, 6.45) is 12.2. The van der Waals surface area contributed by atoms with Gasteiger partial charge in [0.1, 0.15) is 0 Å². The second-order valence-electron chi connectivity index (χ2n) is 10.7. The summed E-state index contributed by atoms with van der Waals surface area (Å²) in [4.78, 5) is 18.9. The zero-order valence-corrected chi connectivity index (χ0v) is 20.4. The number of anilines is 1. The number of aromatic nitrogens is 1. The van der Waals surface area contributed by atoms with Crippen molar-refractivity contribution in [3.05, 3.63) is 23.2 Å². The van der Waals surface area contributed by atoms with Crippen molar-refractivity contribution in [1.82, 2.24) is 9.88 Å². The van der Waals surface area contributed by atoms with Crippen LogP contribution in [0.4, 0.5) is 5.13 Å². The van der Waals surface area contributed by atoms with E-state index in [0.29, 0.717) is 34.8 Å². The summed E-state index contributed by atoms with van der Waals surface area (Å²) in [6, 6.07) is 0.316. The number of fused-ring (bicyclic) bond motifs is 5. The lowest BCUT2D eigenvalue weighted by Gasteiger charge is -2.60. The summed E-state index contributed by atoms with van der Waals surface area (Å²) in [6.45, 7) is 4.84. The van der Waals surface area contributed by atoms with Gasteiger partial charge in [-0.15, -0.1) is 11.3 Å². The van der Waals surface area contributed by atoms with Crippen molar-refractivity contribution in [3.63, 3.8) is 0 Å². The monoisotopic (exact) mass is 463 g/mol. The Hall–Kier alpha value is -1.41. The van der Waals surface area contributed by atoms with Crippen LogP contribution in [0, 0.1) is 28.6 Å². The highest BCUT2D eigenvalue weighted by Gasteiger charge is 2.60. The number of sulfonamides is 1. The zero-order chi connectivity index (χ0) is 22.2. The van der Waals surface area contributed by atoms with Crippen molar-refractivity contribution in [3.8, 4) is 0 Å². The summed E-state index contributed by atoms with van der Waals surface area (Å²) in [5, 5.41) is 2.53. The van der Waals surface area contributed by atoms with Gasteiger partial charge in [0.05, 0.1) is 11.9 Å². The van der Waals surface area contributed by atoms with Crippen molar-refractivity contribution in [2.24, 2.45) is 28.6 Å². The molecule has 2 unspecified atom stereocenters. The quantitative estimate of drug-likeness (QED) is 0.727. The van der Waals surface area contributed by atoms with E-state index in [9.17, 15) is 13.2 Å². The van der Waals surface area contributed by atoms with Crippen LogP contribution in [0.25, 0.3) is 0 Å². The predicted octanol–water partition coefficient (Wildman–Crippen LogP) is 4.24. The van der Waals surface area contributed by atoms with Crippen molar-refractivity contribution in [2.45, 2.75) is 64.3 Å². The molecular formula is C23H33N3O3S2. The molecule has 2 heterocycles. The summed E-state index contributed by atoms with van der Waals surface area (Å²) >= 11 is 1.39. The van der Waals surface area contributed by atoms with Crippen LogP contribution < -0.4 is 4.72 Å². The van der Waals surface area contributed by atoms with Gasteiger partial charge in [0, 0.05) is 29.8 Å². The normalized spacial score (nSPS) is 42.1. The fourth-order valence-electron chi connectivity index (χ4n) is 7.88. The van der Waals surface area contributed by atoms with Gasteiger partial charge in [-0.05, 0) is 67.8 Å². The van der Waals surface area contributed by atoms with Gasteiger partial charge in [0.15, 0.2) is 5.13 Å². The number of carbonyl (C=O) groups excluding carboxylic acids is 1. The molecule has 3 saturated carbocycles. The van der Waals surface area contributed by atoms with Gasteiger partial charge in [-0.1, -0.05) is 19.9 Å². The molecule has 1 N–H and O–H groups in total. The van der Waals surface area contributed by atoms with Gasteiger partial charge in [-0.25, -0.2) is 13.4 Å². The number of rotatable bonds is 3. The first-order valence-corrected chi connectivity index (χ1v) is 14.2. The van der Waals surface area contributed by atoms with Gasteiger partial charge in [-0.2, -0.15) is 0 Å². The average Bonchev–Trinajstić information content (AvgIpc) is 3.27. The van der Waals surface area contributed by atoms with E-state index >= 15 is 0 Å². The van der Waals surface area contributed by atoms with Crippen molar-refractivity contribution < 1.29 is 13.2 Å². The molecule has 31 heavy (non-hydrogen) atoms. The molecule has 1 aliphatic heterocycles. The molecule has 0 radical (unpaired) electrons. The molecule has 0 spiro atoms. The predicted molar refractivity (Wildman–Crippen MR) is 123 cm³/mol.